The van der Waals surface area contributed by atoms with Gasteiger partial charge in [0, 0.05) is 12.8 Å². The highest BCUT2D eigenvalue weighted by molar-refractivity contribution is 5.71. The molecule has 0 saturated carbocycles. The van der Waals surface area contributed by atoms with E-state index >= 15 is 0 Å². The summed E-state index contributed by atoms with van der Waals surface area (Å²) in [5, 5.41) is 10.5. The number of carbonyl (C=O) groups excluding carboxylic acids is 2. The maximum absolute atomic E-state index is 11.6. The number of ether oxygens (including phenoxy) is 2. The molecule has 0 radical (unpaired) electrons. The lowest BCUT2D eigenvalue weighted by molar-refractivity contribution is -0.389. The van der Waals surface area contributed by atoms with Crippen molar-refractivity contribution in [2.75, 3.05) is 0 Å². The zero-order chi connectivity index (χ0) is 16.5. The molecule has 120 valence electrons. The van der Waals surface area contributed by atoms with E-state index in [2.05, 4.69) is 16.3 Å². The minimum Gasteiger partial charge on any atom is -0.441 e. The van der Waals surface area contributed by atoms with E-state index in [1.165, 1.54) is 17.1 Å². The Bertz CT molecular complexity index is 554. The van der Waals surface area contributed by atoms with Gasteiger partial charge in [-0.15, -0.1) is 0 Å². The second-order valence-electron chi connectivity index (χ2n) is 4.39. The average molecular weight is 311 g/mol. The first-order valence-corrected chi connectivity index (χ1v) is 6.61. The van der Waals surface area contributed by atoms with Crippen LogP contribution in [0.2, 0.25) is 0 Å². The summed E-state index contributed by atoms with van der Waals surface area (Å²) in [4.78, 5) is 36.1. The van der Waals surface area contributed by atoms with Gasteiger partial charge in [0.25, 0.3) is 0 Å². The summed E-state index contributed by atoms with van der Waals surface area (Å²) in [7, 11) is 0. The molecule has 0 saturated heterocycles. The molecule has 0 aliphatic rings. The first kappa shape index (κ1) is 17.3. The Hall–Kier alpha value is -2.71. The van der Waals surface area contributed by atoms with E-state index < -0.39 is 23.1 Å². The lowest BCUT2D eigenvalue weighted by Gasteiger charge is -2.12. The molecule has 9 heteroatoms. The molecule has 0 fully saturated rings. The van der Waals surface area contributed by atoms with Gasteiger partial charge >= 0.3 is 17.8 Å². The van der Waals surface area contributed by atoms with E-state index in [-0.39, 0.29) is 18.7 Å². The monoisotopic (exact) mass is 311 g/mol. The van der Waals surface area contributed by atoms with Crippen LogP contribution in [0.4, 0.5) is 5.82 Å². The lowest BCUT2D eigenvalue weighted by Crippen LogP contribution is -2.13. The first-order chi connectivity index (χ1) is 10.4. The molecule has 1 aromatic rings. The second-order valence-corrected chi connectivity index (χ2v) is 4.39. The first-order valence-electron chi connectivity index (χ1n) is 6.61. The summed E-state index contributed by atoms with van der Waals surface area (Å²) in [5.74, 6) is -1.17. The lowest BCUT2D eigenvalue weighted by atomic mass is 10.2. The topological polar surface area (TPSA) is 114 Å². The predicted octanol–water partition coefficient (Wildman–Crippen LogP) is 2.10. The van der Waals surface area contributed by atoms with Gasteiger partial charge in [-0.3, -0.25) is 14.2 Å². The molecule has 1 atom stereocenters. The second kappa shape index (κ2) is 8.55. The summed E-state index contributed by atoms with van der Waals surface area (Å²) in [5.41, 5.74) is 0. The Morgan fingerprint density at radius 3 is 2.64 bits per heavy atom. The fourth-order valence-corrected chi connectivity index (χ4v) is 1.62. The Morgan fingerprint density at radius 1 is 1.45 bits per heavy atom. The molecule has 1 heterocycles. The minimum atomic E-state index is -0.695. The average Bonchev–Trinajstić information content (AvgIpc) is 2.94. The number of hydrogen-bond donors (Lipinski definition) is 0. The highest BCUT2D eigenvalue weighted by Gasteiger charge is 2.16. The van der Waals surface area contributed by atoms with Crippen molar-refractivity contribution >= 4 is 17.8 Å². The molecule has 0 bridgehead atoms. The van der Waals surface area contributed by atoms with Crippen LogP contribution in [0.5, 0.6) is 0 Å². The maximum atomic E-state index is 11.6. The summed E-state index contributed by atoms with van der Waals surface area (Å²) in [6.07, 6.45) is 4.08. The fraction of sp³-hybridized carbons (Fsp3) is 0.462. The number of imidazole rings is 1. The van der Waals surface area contributed by atoms with Crippen LogP contribution < -0.4 is 0 Å². The zero-order valence-corrected chi connectivity index (χ0v) is 12.1. The summed E-state index contributed by atoms with van der Waals surface area (Å²) in [6.45, 7) is 4.84. The molecule has 1 aromatic heterocycles. The molecular formula is C13H17N3O6. The van der Waals surface area contributed by atoms with Gasteiger partial charge in [-0.25, -0.2) is 0 Å². The Morgan fingerprint density at radius 2 is 2.09 bits per heavy atom. The van der Waals surface area contributed by atoms with Crippen LogP contribution in [0, 0.1) is 10.1 Å². The normalized spacial score (nSPS) is 11.5. The minimum absolute atomic E-state index is 0.141. The molecule has 0 aromatic carbocycles. The Kier molecular flexibility index (Phi) is 6.74. The SMILES string of the molecule is C=COC(=O)CCCCC(=O)OC(C)n1cnc([N+](=O)[O-])c1. The standard InChI is InChI=1S/C13H17N3O6/c1-3-21-12(17)6-4-5-7-13(18)22-10(2)15-8-11(14-9-15)16(19)20/h3,8-10H,1,4-7H2,2H3. The van der Waals surface area contributed by atoms with Gasteiger partial charge in [-0.1, -0.05) is 6.58 Å². The highest BCUT2D eigenvalue weighted by Crippen LogP contribution is 2.14. The molecular weight excluding hydrogens is 294 g/mol. The van der Waals surface area contributed by atoms with E-state index in [0.29, 0.717) is 12.8 Å². The van der Waals surface area contributed by atoms with Crippen LogP contribution in [0.25, 0.3) is 0 Å². The smallest absolute Gasteiger partial charge is 0.381 e. The third-order valence-corrected chi connectivity index (χ3v) is 2.72. The molecule has 9 nitrogen and oxygen atoms in total. The summed E-state index contributed by atoms with van der Waals surface area (Å²) in [6, 6.07) is 0. The van der Waals surface area contributed by atoms with Gasteiger partial charge < -0.3 is 19.6 Å². The van der Waals surface area contributed by atoms with Crippen molar-refractivity contribution in [1.29, 1.82) is 0 Å². The molecule has 22 heavy (non-hydrogen) atoms. The summed E-state index contributed by atoms with van der Waals surface area (Å²) >= 11 is 0. The number of carbonyl (C=O) groups is 2. The van der Waals surface area contributed by atoms with Gasteiger partial charge in [-0.05, 0) is 29.7 Å². The zero-order valence-electron chi connectivity index (χ0n) is 12.1. The van der Waals surface area contributed by atoms with Crippen LogP contribution in [-0.2, 0) is 19.1 Å². The number of esters is 2. The largest absolute Gasteiger partial charge is 0.441 e. The number of nitro groups is 1. The van der Waals surface area contributed by atoms with E-state index in [0.717, 1.165) is 6.26 Å². The van der Waals surface area contributed by atoms with Crippen molar-refractivity contribution in [2.45, 2.75) is 38.8 Å². The van der Waals surface area contributed by atoms with Gasteiger partial charge in [0.15, 0.2) is 6.23 Å². The fourth-order valence-electron chi connectivity index (χ4n) is 1.62. The maximum Gasteiger partial charge on any atom is 0.381 e. The van der Waals surface area contributed by atoms with Crippen molar-refractivity contribution in [1.82, 2.24) is 9.55 Å². The van der Waals surface area contributed by atoms with Gasteiger partial charge in [0.2, 0.25) is 6.33 Å². The van der Waals surface area contributed by atoms with E-state index in [4.69, 9.17) is 4.74 Å². The van der Waals surface area contributed by atoms with Crippen molar-refractivity contribution in [3.05, 3.63) is 35.5 Å². The quantitative estimate of drug-likeness (QED) is 0.225. The predicted molar refractivity (Wildman–Crippen MR) is 74.4 cm³/mol. The highest BCUT2D eigenvalue weighted by atomic mass is 16.6. The number of unbranched alkanes of at least 4 members (excludes halogenated alkanes) is 1. The van der Waals surface area contributed by atoms with Crippen LogP contribution >= 0.6 is 0 Å². The van der Waals surface area contributed by atoms with Crippen molar-refractivity contribution in [3.63, 3.8) is 0 Å². The van der Waals surface area contributed by atoms with Gasteiger partial charge in [0.1, 0.15) is 6.20 Å². The van der Waals surface area contributed by atoms with Gasteiger partial charge in [0.05, 0.1) is 6.26 Å². The van der Waals surface area contributed by atoms with Crippen molar-refractivity contribution in [3.8, 4) is 0 Å². The number of rotatable bonds is 9. The molecule has 0 amide bonds. The van der Waals surface area contributed by atoms with E-state index in [1.807, 2.05) is 0 Å². The number of hydrogen-bond acceptors (Lipinski definition) is 7. The van der Waals surface area contributed by atoms with Crippen LogP contribution in [0.3, 0.4) is 0 Å². The molecule has 0 N–H and O–H groups in total. The van der Waals surface area contributed by atoms with Gasteiger partial charge in [-0.2, -0.15) is 0 Å². The molecule has 0 aliphatic carbocycles. The third kappa shape index (κ3) is 5.73. The van der Waals surface area contributed by atoms with E-state index in [9.17, 15) is 19.7 Å². The van der Waals surface area contributed by atoms with Crippen molar-refractivity contribution < 1.29 is 24.0 Å². The Balaban J connectivity index is 2.30. The van der Waals surface area contributed by atoms with Crippen molar-refractivity contribution in [2.24, 2.45) is 0 Å². The van der Waals surface area contributed by atoms with E-state index in [1.54, 1.807) is 6.92 Å². The number of nitrogens with zero attached hydrogens (tertiary/aromatic N) is 3. The van der Waals surface area contributed by atoms with Crippen LogP contribution in [0.1, 0.15) is 38.8 Å². The Labute approximate surface area is 126 Å². The third-order valence-electron chi connectivity index (χ3n) is 2.72. The summed E-state index contributed by atoms with van der Waals surface area (Å²) < 4.78 is 11.0. The number of aromatic nitrogens is 2. The molecule has 0 spiro atoms. The van der Waals surface area contributed by atoms with Crippen LogP contribution in [-0.4, -0.2) is 26.4 Å². The van der Waals surface area contributed by atoms with Crippen LogP contribution in [0.15, 0.2) is 25.4 Å². The molecule has 1 rings (SSSR count). The molecule has 0 aliphatic heterocycles. The molecule has 1 unspecified atom stereocenters.